The van der Waals surface area contributed by atoms with Crippen molar-refractivity contribution in [3.63, 3.8) is 0 Å². The normalized spacial score (nSPS) is 16.7. The largest absolute Gasteiger partial charge is 0.497 e. The summed E-state index contributed by atoms with van der Waals surface area (Å²) in [5.74, 6) is 1.87. The van der Waals surface area contributed by atoms with E-state index in [1.807, 2.05) is 24.3 Å². The third kappa shape index (κ3) is 4.07. The Morgan fingerprint density at radius 1 is 1.17 bits per heavy atom. The molecule has 1 amide bonds. The lowest BCUT2D eigenvalue weighted by Gasteiger charge is -2.16. The molecule has 0 aliphatic carbocycles. The van der Waals surface area contributed by atoms with E-state index >= 15 is 0 Å². The van der Waals surface area contributed by atoms with Gasteiger partial charge < -0.3 is 14.8 Å². The summed E-state index contributed by atoms with van der Waals surface area (Å²) in [5.41, 5.74) is 2.39. The molecule has 0 saturated carbocycles. The Hall–Kier alpha value is -2.49. The monoisotopic (exact) mass is 325 g/mol. The first-order valence-electron chi connectivity index (χ1n) is 8.37. The second-order valence-electron chi connectivity index (χ2n) is 6.05. The summed E-state index contributed by atoms with van der Waals surface area (Å²) in [5, 5.41) is 2.89. The maximum atomic E-state index is 11.5. The van der Waals surface area contributed by atoms with Gasteiger partial charge in [0.1, 0.15) is 11.5 Å². The minimum atomic E-state index is 0.103. The summed E-state index contributed by atoms with van der Waals surface area (Å²) in [6, 6.07) is 16.3. The van der Waals surface area contributed by atoms with E-state index in [2.05, 4.69) is 29.6 Å². The van der Waals surface area contributed by atoms with Gasteiger partial charge in [0.25, 0.3) is 0 Å². The Morgan fingerprint density at radius 2 is 2.00 bits per heavy atom. The predicted molar refractivity (Wildman–Crippen MR) is 93.6 cm³/mol. The second kappa shape index (κ2) is 7.86. The van der Waals surface area contributed by atoms with Crippen LogP contribution in [-0.2, 0) is 11.2 Å². The predicted octanol–water partition coefficient (Wildman–Crippen LogP) is 3.31. The Morgan fingerprint density at radius 3 is 2.71 bits per heavy atom. The topological polar surface area (TPSA) is 47.6 Å². The molecule has 1 atom stereocenters. The van der Waals surface area contributed by atoms with Crippen LogP contribution in [-0.4, -0.2) is 26.2 Å². The number of hydrogen-bond acceptors (Lipinski definition) is 3. The van der Waals surface area contributed by atoms with Crippen LogP contribution in [0.5, 0.6) is 11.5 Å². The van der Waals surface area contributed by atoms with Crippen LogP contribution in [0.1, 0.15) is 29.9 Å². The van der Waals surface area contributed by atoms with Crippen LogP contribution in [0.15, 0.2) is 48.5 Å². The van der Waals surface area contributed by atoms with Crippen LogP contribution in [0, 0.1) is 0 Å². The highest BCUT2D eigenvalue weighted by Crippen LogP contribution is 2.34. The van der Waals surface area contributed by atoms with Crippen molar-refractivity contribution in [3.8, 4) is 11.5 Å². The third-order valence-electron chi connectivity index (χ3n) is 4.35. The Bertz CT molecular complexity index is 685. The van der Waals surface area contributed by atoms with Crippen molar-refractivity contribution in [1.29, 1.82) is 0 Å². The first kappa shape index (κ1) is 16.4. The van der Waals surface area contributed by atoms with Gasteiger partial charge in [-0.25, -0.2) is 0 Å². The third-order valence-corrected chi connectivity index (χ3v) is 4.35. The zero-order chi connectivity index (χ0) is 16.8. The van der Waals surface area contributed by atoms with E-state index < -0.39 is 0 Å². The molecule has 1 saturated heterocycles. The van der Waals surface area contributed by atoms with Crippen molar-refractivity contribution in [2.45, 2.75) is 25.2 Å². The van der Waals surface area contributed by atoms with Crippen LogP contribution >= 0.6 is 0 Å². The summed E-state index contributed by atoms with van der Waals surface area (Å²) >= 11 is 0. The molecule has 24 heavy (non-hydrogen) atoms. The average molecular weight is 325 g/mol. The lowest BCUT2D eigenvalue weighted by molar-refractivity contribution is -0.119. The molecule has 1 N–H and O–H groups in total. The van der Waals surface area contributed by atoms with E-state index in [9.17, 15) is 4.79 Å². The highest BCUT2D eigenvalue weighted by molar-refractivity contribution is 5.79. The molecule has 1 aliphatic heterocycles. The smallest absolute Gasteiger partial charge is 0.220 e. The number of aryl methyl sites for hydroxylation is 1. The van der Waals surface area contributed by atoms with Crippen LogP contribution in [0.3, 0.4) is 0 Å². The molecule has 1 fully saturated rings. The first-order chi connectivity index (χ1) is 11.8. The molecule has 2 aromatic carbocycles. The van der Waals surface area contributed by atoms with Gasteiger partial charge in [0.2, 0.25) is 5.91 Å². The quantitative estimate of drug-likeness (QED) is 0.795. The summed E-state index contributed by atoms with van der Waals surface area (Å²) in [6.07, 6.45) is 2.46. The zero-order valence-electron chi connectivity index (χ0n) is 14.0. The number of nitrogens with one attached hydrogen (secondary N) is 1. The Kier molecular flexibility index (Phi) is 5.36. The molecule has 1 heterocycles. The molecule has 0 aromatic heterocycles. The number of amides is 1. The van der Waals surface area contributed by atoms with Crippen molar-refractivity contribution in [3.05, 3.63) is 59.7 Å². The molecule has 1 aliphatic rings. The standard InChI is InChI=1S/C20H23NO3/c1-23-17-9-10-18(16-12-20(22)21-14-16)19(13-17)24-11-5-8-15-6-3-2-4-7-15/h2-4,6-7,9-10,13,16H,5,8,11-12,14H2,1H3,(H,21,22). The van der Waals surface area contributed by atoms with Gasteiger partial charge in [-0.05, 0) is 30.0 Å². The minimum Gasteiger partial charge on any atom is -0.497 e. The van der Waals surface area contributed by atoms with Crippen LogP contribution in [0.4, 0.5) is 0 Å². The van der Waals surface area contributed by atoms with Crippen molar-refractivity contribution < 1.29 is 14.3 Å². The fourth-order valence-corrected chi connectivity index (χ4v) is 3.03. The van der Waals surface area contributed by atoms with Gasteiger partial charge in [-0.3, -0.25) is 4.79 Å². The molecule has 0 spiro atoms. The van der Waals surface area contributed by atoms with Gasteiger partial charge in [-0.15, -0.1) is 0 Å². The van der Waals surface area contributed by atoms with Crippen molar-refractivity contribution in [1.82, 2.24) is 5.32 Å². The van der Waals surface area contributed by atoms with Crippen LogP contribution in [0.2, 0.25) is 0 Å². The molecule has 0 bridgehead atoms. The molecular formula is C20H23NO3. The lowest BCUT2D eigenvalue weighted by Crippen LogP contribution is -2.13. The summed E-state index contributed by atoms with van der Waals surface area (Å²) < 4.78 is 11.3. The summed E-state index contributed by atoms with van der Waals surface area (Å²) in [6.45, 7) is 1.31. The molecule has 0 radical (unpaired) electrons. The number of rotatable bonds is 7. The SMILES string of the molecule is COc1ccc(C2CNC(=O)C2)c(OCCCc2ccccc2)c1. The number of benzene rings is 2. The molecule has 2 aromatic rings. The molecule has 1 unspecified atom stereocenters. The van der Waals surface area contributed by atoms with E-state index in [-0.39, 0.29) is 11.8 Å². The molecule has 4 nitrogen and oxygen atoms in total. The van der Waals surface area contributed by atoms with Gasteiger partial charge in [-0.2, -0.15) is 0 Å². The number of carbonyl (C=O) groups is 1. The molecule has 4 heteroatoms. The maximum Gasteiger partial charge on any atom is 0.220 e. The number of ether oxygens (including phenoxy) is 2. The average Bonchev–Trinajstić information content (AvgIpc) is 3.05. The number of hydrogen-bond donors (Lipinski definition) is 1. The van der Waals surface area contributed by atoms with Crippen molar-refractivity contribution >= 4 is 5.91 Å². The van der Waals surface area contributed by atoms with E-state index in [0.29, 0.717) is 19.6 Å². The Labute approximate surface area is 142 Å². The molecule has 3 rings (SSSR count). The summed E-state index contributed by atoms with van der Waals surface area (Å²) in [7, 11) is 1.65. The van der Waals surface area contributed by atoms with E-state index in [0.717, 1.165) is 29.9 Å². The van der Waals surface area contributed by atoms with Gasteiger partial charge in [0.05, 0.1) is 13.7 Å². The van der Waals surface area contributed by atoms with Gasteiger partial charge in [0.15, 0.2) is 0 Å². The fraction of sp³-hybridized carbons (Fsp3) is 0.350. The number of carbonyl (C=O) groups excluding carboxylic acids is 1. The summed E-state index contributed by atoms with van der Waals surface area (Å²) in [4.78, 5) is 11.5. The first-order valence-corrected chi connectivity index (χ1v) is 8.37. The maximum absolute atomic E-state index is 11.5. The minimum absolute atomic E-state index is 0.103. The van der Waals surface area contributed by atoms with Crippen molar-refractivity contribution in [2.75, 3.05) is 20.3 Å². The molecule has 126 valence electrons. The lowest BCUT2D eigenvalue weighted by atomic mass is 9.97. The van der Waals surface area contributed by atoms with Crippen LogP contribution in [0.25, 0.3) is 0 Å². The Balaban J connectivity index is 1.63. The van der Waals surface area contributed by atoms with Gasteiger partial charge in [-0.1, -0.05) is 36.4 Å². The second-order valence-corrected chi connectivity index (χ2v) is 6.05. The van der Waals surface area contributed by atoms with E-state index in [4.69, 9.17) is 9.47 Å². The van der Waals surface area contributed by atoms with Gasteiger partial charge >= 0.3 is 0 Å². The van der Waals surface area contributed by atoms with Crippen molar-refractivity contribution in [2.24, 2.45) is 0 Å². The highest BCUT2D eigenvalue weighted by atomic mass is 16.5. The highest BCUT2D eigenvalue weighted by Gasteiger charge is 2.26. The van der Waals surface area contributed by atoms with E-state index in [1.165, 1.54) is 5.56 Å². The fourth-order valence-electron chi connectivity index (χ4n) is 3.03. The number of methoxy groups -OCH3 is 1. The van der Waals surface area contributed by atoms with E-state index in [1.54, 1.807) is 7.11 Å². The zero-order valence-corrected chi connectivity index (χ0v) is 14.0. The van der Waals surface area contributed by atoms with Crippen LogP contribution < -0.4 is 14.8 Å². The molecular weight excluding hydrogens is 302 g/mol. The van der Waals surface area contributed by atoms with Gasteiger partial charge in [0, 0.05) is 24.9 Å².